The first kappa shape index (κ1) is 17.4. The number of imidazole rings is 1. The Morgan fingerprint density at radius 2 is 2.03 bits per heavy atom. The van der Waals surface area contributed by atoms with Crippen LogP contribution in [0.15, 0.2) is 73.2 Å². The quantitative estimate of drug-likeness (QED) is 0.467. The lowest BCUT2D eigenvalue weighted by Gasteiger charge is -2.11. The first-order chi connectivity index (χ1) is 14.2. The van der Waals surface area contributed by atoms with Gasteiger partial charge in [-0.2, -0.15) is 0 Å². The van der Waals surface area contributed by atoms with Crippen LogP contribution in [0, 0.1) is 0 Å². The molecule has 1 amide bonds. The molecule has 29 heavy (non-hydrogen) atoms. The molecular weight excluding hydrogens is 384 g/mol. The summed E-state index contributed by atoms with van der Waals surface area (Å²) >= 11 is 1.46. The van der Waals surface area contributed by atoms with Gasteiger partial charge in [0.2, 0.25) is 5.78 Å². The number of benzene rings is 2. The van der Waals surface area contributed by atoms with Crippen molar-refractivity contribution < 1.29 is 9.53 Å². The number of nitrogens with one attached hydrogen (secondary N) is 1. The van der Waals surface area contributed by atoms with Crippen molar-refractivity contribution in [1.29, 1.82) is 0 Å². The van der Waals surface area contributed by atoms with Gasteiger partial charge in [0.05, 0.1) is 23.4 Å². The van der Waals surface area contributed by atoms with Gasteiger partial charge in [-0.1, -0.05) is 18.2 Å². The average Bonchev–Trinajstić information content (AvgIpc) is 3.38. The second-order valence-electron chi connectivity index (χ2n) is 6.47. The minimum Gasteiger partial charge on any atom is -0.495 e. The fourth-order valence-electron chi connectivity index (χ4n) is 3.21. The molecule has 0 atom stereocenters. The standard InChI is InChI=1S/C22H16N4O2S/c1-28-18-8-7-14(17-13-26-10-4-9-23-22(26)25-17)11-16(18)24-21(27)20-12-15-5-2-3-6-19(15)29-20/h2-13H,1H3,(H,24,27). The molecule has 0 bridgehead atoms. The van der Waals surface area contributed by atoms with E-state index >= 15 is 0 Å². The zero-order valence-electron chi connectivity index (χ0n) is 15.5. The number of ether oxygens (including phenoxy) is 1. The molecule has 7 heteroatoms. The SMILES string of the molecule is COc1ccc(-c2cn3cccnc3n2)cc1NC(=O)c1cc2ccccc2s1. The minimum absolute atomic E-state index is 0.168. The Labute approximate surface area is 170 Å². The van der Waals surface area contributed by atoms with Gasteiger partial charge in [-0.3, -0.25) is 9.20 Å². The van der Waals surface area contributed by atoms with Crippen LogP contribution >= 0.6 is 11.3 Å². The third-order valence-corrected chi connectivity index (χ3v) is 5.74. The van der Waals surface area contributed by atoms with E-state index in [0.717, 1.165) is 21.3 Å². The van der Waals surface area contributed by atoms with E-state index in [9.17, 15) is 4.79 Å². The molecule has 0 aliphatic rings. The van der Waals surface area contributed by atoms with Crippen LogP contribution in [0.25, 0.3) is 27.1 Å². The maximum Gasteiger partial charge on any atom is 0.265 e. The number of hydrogen-bond donors (Lipinski definition) is 1. The fourth-order valence-corrected chi connectivity index (χ4v) is 4.17. The van der Waals surface area contributed by atoms with Crippen LogP contribution in [-0.2, 0) is 0 Å². The lowest BCUT2D eigenvalue weighted by molar-refractivity contribution is 0.103. The summed E-state index contributed by atoms with van der Waals surface area (Å²) in [4.78, 5) is 22.3. The molecule has 0 aliphatic heterocycles. The summed E-state index contributed by atoms with van der Waals surface area (Å²) in [5, 5.41) is 4.03. The molecule has 6 nitrogen and oxygen atoms in total. The number of fused-ring (bicyclic) bond motifs is 2. The molecule has 0 unspecified atom stereocenters. The van der Waals surface area contributed by atoms with Crippen molar-refractivity contribution in [2.24, 2.45) is 0 Å². The van der Waals surface area contributed by atoms with Gasteiger partial charge in [-0.05, 0) is 41.8 Å². The van der Waals surface area contributed by atoms with Crippen molar-refractivity contribution in [3.63, 3.8) is 0 Å². The van der Waals surface area contributed by atoms with E-state index in [1.54, 1.807) is 13.3 Å². The van der Waals surface area contributed by atoms with Crippen LogP contribution in [0.5, 0.6) is 5.75 Å². The van der Waals surface area contributed by atoms with Gasteiger partial charge in [0.25, 0.3) is 5.91 Å². The number of carbonyl (C=O) groups excluding carboxylic acids is 1. The van der Waals surface area contributed by atoms with E-state index in [-0.39, 0.29) is 5.91 Å². The molecule has 0 saturated carbocycles. The van der Waals surface area contributed by atoms with Crippen LogP contribution in [0.2, 0.25) is 0 Å². The zero-order valence-corrected chi connectivity index (χ0v) is 16.3. The van der Waals surface area contributed by atoms with E-state index in [1.165, 1.54) is 11.3 Å². The number of anilines is 1. The van der Waals surface area contributed by atoms with E-state index in [0.29, 0.717) is 22.1 Å². The van der Waals surface area contributed by atoms with Crippen molar-refractivity contribution >= 4 is 38.8 Å². The highest BCUT2D eigenvalue weighted by Gasteiger charge is 2.15. The summed E-state index contributed by atoms with van der Waals surface area (Å²) in [6, 6.07) is 17.3. The molecule has 0 saturated heterocycles. The third-order valence-electron chi connectivity index (χ3n) is 4.63. The van der Waals surface area contributed by atoms with Crippen LogP contribution in [0.1, 0.15) is 9.67 Å². The first-order valence-electron chi connectivity index (χ1n) is 8.99. The lowest BCUT2D eigenvalue weighted by atomic mass is 10.1. The molecule has 1 N–H and O–H groups in total. The van der Waals surface area contributed by atoms with Gasteiger partial charge in [-0.25, -0.2) is 9.97 Å². The van der Waals surface area contributed by atoms with Crippen LogP contribution in [-0.4, -0.2) is 27.4 Å². The normalized spacial score (nSPS) is 11.1. The van der Waals surface area contributed by atoms with Gasteiger partial charge in [0.15, 0.2) is 0 Å². The highest BCUT2D eigenvalue weighted by atomic mass is 32.1. The van der Waals surface area contributed by atoms with E-state index in [4.69, 9.17) is 4.74 Å². The number of hydrogen-bond acceptors (Lipinski definition) is 5. The smallest absolute Gasteiger partial charge is 0.265 e. The Hall–Kier alpha value is -3.71. The van der Waals surface area contributed by atoms with E-state index < -0.39 is 0 Å². The Bertz CT molecular complexity index is 1290. The second kappa shape index (κ2) is 7.03. The molecule has 3 heterocycles. The summed E-state index contributed by atoms with van der Waals surface area (Å²) in [5.41, 5.74) is 2.23. The number of nitrogens with zero attached hydrogens (tertiary/aromatic N) is 3. The van der Waals surface area contributed by atoms with Crippen molar-refractivity contribution in [2.45, 2.75) is 0 Å². The van der Waals surface area contributed by atoms with Crippen LogP contribution in [0.3, 0.4) is 0 Å². The monoisotopic (exact) mass is 400 g/mol. The summed E-state index contributed by atoms with van der Waals surface area (Å²) < 4.78 is 8.38. The van der Waals surface area contributed by atoms with Crippen LogP contribution in [0.4, 0.5) is 5.69 Å². The Morgan fingerprint density at radius 1 is 1.14 bits per heavy atom. The van der Waals surface area contributed by atoms with Gasteiger partial charge in [0, 0.05) is 28.9 Å². The van der Waals surface area contributed by atoms with E-state index in [1.807, 2.05) is 71.4 Å². The lowest BCUT2D eigenvalue weighted by Crippen LogP contribution is -2.11. The van der Waals surface area contributed by atoms with Crippen molar-refractivity contribution in [3.8, 4) is 17.0 Å². The average molecular weight is 400 g/mol. The third kappa shape index (κ3) is 3.21. The maximum atomic E-state index is 12.9. The summed E-state index contributed by atoms with van der Waals surface area (Å²) in [7, 11) is 1.58. The van der Waals surface area contributed by atoms with Gasteiger partial charge in [0.1, 0.15) is 5.75 Å². The number of rotatable bonds is 4. The van der Waals surface area contributed by atoms with Gasteiger partial charge < -0.3 is 10.1 Å². The predicted octanol–water partition coefficient (Wildman–Crippen LogP) is 4.87. The Morgan fingerprint density at radius 3 is 2.86 bits per heavy atom. The summed E-state index contributed by atoms with van der Waals surface area (Å²) in [6.45, 7) is 0. The molecule has 0 spiro atoms. The molecular formula is C22H16N4O2S. The molecule has 0 aliphatic carbocycles. The Balaban J connectivity index is 1.49. The van der Waals surface area contributed by atoms with Gasteiger partial charge >= 0.3 is 0 Å². The summed E-state index contributed by atoms with van der Waals surface area (Å²) in [5.74, 6) is 1.04. The highest BCUT2D eigenvalue weighted by Crippen LogP contribution is 2.32. The van der Waals surface area contributed by atoms with Crippen molar-refractivity contribution in [1.82, 2.24) is 14.4 Å². The number of thiophene rings is 1. The van der Waals surface area contributed by atoms with Gasteiger partial charge in [-0.15, -0.1) is 11.3 Å². The topological polar surface area (TPSA) is 68.5 Å². The molecule has 0 fully saturated rings. The molecule has 2 aromatic carbocycles. The second-order valence-corrected chi connectivity index (χ2v) is 7.55. The molecule has 3 aromatic heterocycles. The molecule has 5 rings (SSSR count). The number of methoxy groups -OCH3 is 1. The maximum absolute atomic E-state index is 12.9. The predicted molar refractivity (Wildman–Crippen MR) is 115 cm³/mol. The largest absolute Gasteiger partial charge is 0.495 e. The number of amides is 1. The number of carbonyl (C=O) groups is 1. The summed E-state index contributed by atoms with van der Waals surface area (Å²) in [6.07, 6.45) is 5.50. The minimum atomic E-state index is -0.168. The zero-order chi connectivity index (χ0) is 19.8. The first-order valence-corrected chi connectivity index (χ1v) is 9.81. The van der Waals surface area contributed by atoms with E-state index in [2.05, 4.69) is 15.3 Å². The van der Waals surface area contributed by atoms with Crippen molar-refractivity contribution in [2.75, 3.05) is 12.4 Å². The molecule has 5 aromatic rings. The molecule has 0 radical (unpaired) electrons. The Kier molecular flexibility index (Phi) is 4.22. The van der Waals surface area contributed by atoms with Crippen LogP contribution < -0.4 is 10.1 Å². The van der Waals surface area contributed by atoms with Crippen molar-refractivity contribution in [3.05, 3.63) is 78.1 Å². The molecule has 142 valence electrons. The fraction of sp³-hybridized carbons (Fsp3) is 0.0455. The highest BCUT2D eigenvalue weighted by molar-refractivity contribution is 7.20. The number of aromatic nitrogens is 3.